The first-order valence-electron chi connectivity index (χ1n) is 10.2. The zero-order chi connectivity index (χ0) is 22.7. The fourth-order valence-corrected chi connectivity index (χ4v) is 6.04. The summed E-state index contributed by atoms with van der Waals surface area (Å²) in [4.78, 5) is 48.3. The summed E-state index contributed by atoms with van der Waals surface area (Å²) in [5.74, 6) is -1.17. The van der Waals surface area contributed by atoms with E-state index in [0.717, 1.165) is 4.26 Å². The normalized spacial score (nSPS) is 25.9. The first-order valence-corrected chi connectivity index (χ1v) is 11.9. The molecule has 1 aromatic carbocycles. The van der Waals surface area contributed by atoms with Crippen molar-refractivity contribution in [2.75, 3.05) is 6.61 Å². The van der Waals surface area contributed by atoms with Crippen LogP contribution >= 0.6 is 0 Å². The van der Waals surface area contributed by atoms with Crippen molar-refractivity contribution in [3.63, 3.8) is 0 Å². The van der Waals surface area contributed by atoms with Gasteiger partial charge in [-0.15, -0.1) is 0 Å². The molecule has 1 aliphatic heterocycles. The molecule has 0 amide bonds. The predicted molar refractivity (Wildman–Crippen MR) is 114 cm³/mol. The molecule has 2 unspecified atom stereocenters. The summed E-state index contributed by atoms with van der Waals surface area (Å²) in [6, 6.07) is 7.36. The standard InChI is InChI=1S/C22H27NO7Se/c1-12-13(2)21(29-15(4)25)18(30-19(12)11-28-14(3)24)9-16(26)10-23-22(27)17-7-5-6-8-20(17)31-23/h5-8,12-13,18-19,21H,9-11H2,1-4H3/t12-,13-,18-,19?,21?/m0/s1. The minimum absolute atomic E-state index is 0.00177. The van der Waals surface area contributed by atoms with Crippen LogP contribution < -0.4 is 5.56 Å². The third-order valence-electron chi connectivity index (χ3n) is 5.70. The van der Waals surface area contributed by atoms with Crippen LogP contribution in [0.2, 0.25) is 0 Å². The number of rotatable bonds is 7. The first kappa shape index (κ1) is 23.4. The van der Waals surface area contributed by atoms with Crippen LogP contribution in [0.4, 0.5) is 0 Å². The number of hydrogen-bond donors (Lipinski definition) is 0. The molecule has 2 heterocycles. The summed E-state index contributed by atoms with van der Waals surface area (Å²) in [5, 5.41) is 0.644. The number of ether oxygens (including phenoxy) is 3. The first-order chi connectivity index (χ1) is 14.7. The Labute approximate surface area is 186 Å². The Bertz CT molecular complexity index is 1020. The van der Waals surface area contributed by atoms with E-state index in [0.29, 0.717) is 5.39 Å². The van der Waals surface area contributed by atoms with Gasteiger partial charge in [-0.25, -0.2) is 0 Å². The van der Waals surface area contributed by atoms with Gasteiger partial charge in [0.05, 0.1) is 0 Å². The molecule has 2 aromatic rings. The van der Waals surface area contributed by atoms with E-state index in [1.807, 2.05) is 32.0 Å². The summed E-state index contributed by atoms with van der Waals surface area (Å²) in [6.45, 7) is 6.58. The van der Waals surface area contributed by atoms with Gasteiger partial charge in [-0.1, -0.05) is 0 Å². The Morgan fingerprint density at radius 3 is 2.42 bits per heavy atom. The number of hydrogen-bond acceptors (Lipinski definition) is 7. The quantitative estimate of drug-likeness (QED) is 0.424. The van der Waals surface area contributed by atoms with Gasteiger partial charge in [0.2, 0.25) is 0 Å². The number of aromatic nitrogens is 1. The molecule has 31 heavy (non-hydrogen) atoms. The van der Waals surface area contributed by atoms with E-state index in [4.69, 9.17) is 14.2 Å². The zero-order valence-corrected chi connectivity index (χ0v) is 19.7. The molecular formula is C22H27NO7Se. The van der Waals surface area contributed by atoms with Crippen LogP contribution in [0.5, 0.6) is 0 Å². The van der Waals surface area contributed by atoms with E-state index in [-0.39, 0.29) is 57.5 Å². The molecule has 0 spiro atoms. The van der Waals surface area contributed by atoms with Crippen LogP contribution in [0.15, 0.2) is 29.1 Å². The SMILES string of the molecule is CC(=O)OCC1O[C@@H](CC(=O)Cn2[se]c3ccccc3c2=O)C(OC(C)=O)[C@@H](C)[C@@H]1C. The number of Topliss-reactive ketones (excluding diaryl/α,β-unsaturated/α-hetero) is 1. The molecule has 0 saturated carbocycles. The number of fused-ring (bicyclic) bond motifs is 1. The predicted octanol–water partition coefficient (Wildman–Crippen LogP) is 1.55. The fourth-order valence-electron chi connectivity index (χ4n) is 3.90. The monoisotopic (exact) mass is 497 g/mol. The summed E-state index contributed by atoms with van der Waals surface area (Å²) in [6.07, 6.45) is -1.68. The molecular weight excluding hydrogens is 469 g/mol. The molecule has 9 heteroatoms. The van der Waals surface area contributed by atoms with Crippen molar-refractivity contribution >= 4 is 42.1 Å². The van der Waals surface area contributed by atoms with Gasteiger partial charge in [-0.05, 0) is 0 Å². The van der Waals surface area contributed by atoms with Gasteiger partial charge in [-0.2, -0.15) is 0 Å². The van der Waals surface area contributed by atoms with Crippen LogP contribution in [-0.4, -0.2) is 60.9 Å². The van der Waals surface area contributed by atoms with E-state index in [2.05, 4.69) is 0 Å². The number of ketones is 1. The maximum atomic E-state index is 12.9. The van der Waals surface area contributed by atoms with Crippen molar-refractivity contribution in [2.24, 2.45) is 11.8 Å². The van der Waals surface area contributed by atoms with E-state index in [9.17, 15) is 19.2 Å². The molecule has 0 radical (unpaired) electrons. The summed E-state index contributed by atoms with van der Waals surface area (Å²) in [5.41, 5.74) is -0.139. The van der Waals surface area contributed by atoms with Crippen molar-refractivity contribution in [1.29, 1.82) is 0 Å². The van der Waals surface area contributed by atoms with Gasteiger partial charge < -0.3 is 0 Å². The summed E-state index contributed by atoms with van der Waals surface area (Å²) in [7, 11) is 0. The van der Waals surface area contributed by atoms with Crippen molar-refractivity contribution in [1.82, 2.24) is 3.56 Å². The molecule has 1 aromatic heterocycles. The van der Waals surface area contributed by atoms with E-state index in [1.165, 1.54) is 13.8 Å². The Hall–Kier alpha value is -2.22. The number of carbonyl (C=O) groups is 3. The topological polar surface area (TPSA) is 101 Å². The summed E-state index contributed by atoms with van der Waals surface area (Å²) >= 11 is -0.244. The van der Waals surface area contributed by atoms with Gasteiger partial charge >= 0.3 is 186 Å². The van der Waals surface area contributed by atoms with Gasteiger partial charge in [0.15, 0.2) is 0 Å². The van der Waals surface area contributed by atoms with Crippen molar-refractivity contribution < 1.29 is 28.6 Å². The van der Waals surface area contributed by atoms with E-state index in [1.54, 1.807) is 9.63 Å². The number of nitrogens with zero attached hydrogens (tertiary/aromatic N) is 1. The Morgan fingerprint density at radius 2 is 1.77 bits per heavy atom. The average Bonchev–Trinajstić information content (AvgIpc) is 3.01. The Morgan fingerprint density at radius 1 is 1.06 bits per heavy atom. The number of benzene rings is 1. The van der Waals surface area contributed by atoms with Crippen LogP contribution in [0, 0.1) is 11.8 Å². The molecule has 0 aliphatic carbocycles. The third-order valence-corrected chi connectivity index (χ3v) is 7.95. The minimum atomic E-state index is -0.671. The maximum absolute atomic E-state index is 12.9. The average molecular weight is 496 g/mol. The molecule has 1 saturated heterocycles. The van der Waals surface area contributed by atoms with Crippen LogP contribution in [0.1, 0.15) is 34.1 Å². The van der Waals surface area contributed by atoms with E-state index >= 15 is 0 Å². The molecule has 8 nitrogen and oxygen atoms in total. The number of carbonyl (C=O) groups excluding carboxylic acids is 3. The molecule has 3 rings (SSSR count). The fraction of sp³-hybridized carbons (Fsp3) is 0.545. The van der Waals surface area contributed by atoms with Crippen LogP contribution in [0.25, 0.3) is 9.65 Å². The van der Waals surface area contributed by atoms with E-state index < -0.39 is 30.3 Å². The molecule has 0 bridgehead atoms. The Balaban J connectivity index is 1.76. The second-order valence-corrected chi connectivity index (χ2v) is 10.2. The van der Waals surface area contributed by atoms with Crippen molar-refractivity contribution in [3.05, 3.63) is 34.6 Å². The summed E-state index contributed by atoms with van der Waals surface area (Å²) < 4.78 is 19.2. The van der Waals surface area contributed by atoms with Gasteiger partial charge in [0.1, 0.15) is 0 Å². The van der Waals surface area contributed by atoms with Crippen LogP contribution in [0.3, 0.4) is 0 Å². The molecule has 5 atom stereocenters. The van der Waals surface area contributed by atoms with Crippen molar-refractivity contribution in [3.8, 4) is 0 Å². The van der Waals surface area contributed by atoms with Gasteiger partial charge in [0, 0.05) is 0 Å². The second kappa shape index (κ2) is 9.94. The number of esters is 2. The van der Waals surface area contributed by atoms with Gasteiger partial charge in [0.25, 0.3) is 0 Å². The molecule has 1 fully saturated rings. The van der Waals surface area contributed by atoms with Gasteiger partial charge in [-0.3, -0.25) is 0 Å². The molecule has 0 N–H and O–H groups in total. The Kier molecular flexibility index (Phi) is 7.51. The van der Waals surface area contributed by atoms with Crippen LogP contribution in [-0.2, 0) is 35.1 Å². The second-order valence-electron chi connectivity index (χ2n) is 7.98. The molecule has 1 aliphatic rings. The molecule has 168 valence electrons. The zero-order valence-electron chi connectivity index (χ0n) is 18.0. The third kappa shape index (κ3) is 5.53. The van der Waals surface area contributed by atoms with Crippen molar-refractivity contribution in [2.45, 2.75) is 59.0 Å².